The number of benzene rings is 1. The molecule has 76 valence electrons. The van der Waals surface area contributed by atoms with Crippen molar-refractivity contribution >= 4 is 6.09 Å². The highest BCUT2D eigenvalue weighted by Crippen LogP contribution is 2.21. The quantitative estimate of drug-likeness (QED) is 0.432. The van der Waals surface area contributed by atoms with Crippen molar-refractivity contribution in [2.24, 2.45) is 5.84 Å². The molecule has 1 rings (SSSR count). The average molecular weight is 202 g/mol. The Bertz CT molecular complexity index is 333. The Morgan fingerprint density at radius 1 is 1.50 bits per heavy atom. The molecule has 1 unspecified atom stereocenters. The number of amides is 1. The van der Waals surface area contributed by atoms with E-state index < -0.39 is 18.3 Å². The van der Waals surface area contributed by atoms with E-state index in [-0.39, 0.29) is 5.56 Å². The van der Waals surface area contributed by atoms with Gasteiger partial charge in [-0.05, 0) is 12.1 Å². The third kappa shape index (κ3) is 2.40. The third-order valence-corrected chi connectivity index (χ3v) is 1.48. The van der Waals surface area contributed by atoms with Crippen LogP contribution in [0.25, 0.3) is 0 Å². The smallest absolute Gasteiger partial charge is 0.410 e. The van der Waals surface area contributed by atoms with Gasteiger partial charge in [0.15, 0.2) is 0 Å². The van der Waals surface area contributed by atoms with Crippen LogP contribution in [-0.2, 0) is 4.74 Å². The third-order valence-electron chi connectivity index (χ3n) is 1.48. The van der Waals surface area contributed by atoms with E-state index in [1.54, 1.807) is 5.43 Å². The second-order valence-corrected chi connectivity index (χ2v) is 2.39. The van der Waals surface area contributed by atoms with E-state index in [4.69, 9.17) is 0 Å². The summed E-state index contributed by atoms with van der Waals surface area (Å²) in [5, 5.41) is 0. The molecule has 1 atom stereocenters. The molecule has 1 aromatic carbocycles. The van der Waals surface area contributed by atoms with Gasteiger partial charge < -0.3 is 4.74 Å². The van der Waals surface area contributed by atoms with Gasteiger partial charge in [0.2, 0.25) is 0 Å². The van der Waals surface area contributed by atoms with Crippen LogP contribution in [0, 0.1) is 5.82 Å². The molecular weight excluding hydrogens is 194 g/mol. The summed E-state index contributed by atoms with van der Waals surface area (Å²) in [5.41, 5.74) is 1.21. The molecule has 0 aliphatic carbocycles. The molecule has 0 heterocycles. The molecule has 0 saturated carbocycles. The lowest BCUT2D eigenvalue weighted by Crippen LogP contribution is -2.31. The Kier molecular flexibility index (Phi) is 3.35. The highest BCUT2D eigenvalue weighted by atomic mass is 19.2. The summed E-state index contributed by atoms with van der Waals surface area (Å²) >= 11 is 0. The number of hydrazine groups is 1. The van der Waals surface area contributed by atoms with Crippen molar-refractivity contribution in [3.63, 3.8) is 0 Å². The zero-order chi connectivity index (χ0) is 10.6. The second-order valence-electron chi connectivity index (χ2n) is 2.39. The van der Waals surface area contributed by atoms with Crippen molar-refractivity contribution in [1.29, 1.82) is 0 Å². The van der Waals surface area contributed by atoms with E-state index in [0.717, 1.165) is 6.07 Å². The zero-order valence-corrected chi connectivity index (χ0v) is 7.04. The summed E-state index contributed by atoms with van der Waals surface area (Å²) in [4.78, 5) is 10.5. The number of nitrogens with one attached hydrogen (secondary N) is 1. The number of nitrogens with two attached hydrogens (primary N) is 1. The van der Waals surface area contributed by atoms with Crippen LogP contribution in [0.3, 0.4) is 0 Å². The van der Waals surface area contributed by atoms with E-state index in [1.807, 2.05) is 0 Å². The molecule has 0 fully saturated rings. The zero-order valence-electron chi connectivity index (χ0n) is 7.04. The fourth-order valence-corrected chi connectivity index (χ4v) is 0.851. The standard InChI is InChI=1S/C8H8F2N2O2/c9-6-4-2-1-3-5(6)7(10)14-8(13)12-11/h1-4,7H,11H2,(H,12,13). The highest BCUT2D eigenvalue weighted by Gasteiger charge is 2.17. The molecule has 14 heavy (non-hydrogen) atoms. The van der Waals surface area contributed by atoms with Crippen molar-refractivity contribution in [3.8, 4) is 0 Å². The number of halogens is 2. The van der Waals surface area contributed by atoms with Crippen molar-refractivity contribution < 1.29 is 18.3 Å². The van der Waals surface area contributed by atoms with Crippen LogP contribution in [0.15, 0.2) is 24.3 Å². The number of hydrogen-bond acceptors (Lipinski definition) is 3. The van der Waals surface area contributed by atoms with Gasteiger partial charge in [-0.2, -0.15) is 4.39 Å². The minimum absolute atomic E-state index is 0.351. The molecule has 1 amide bonds. The monoisotopic (exact) mass is 202 g/mol. The van der Waals surface area contributed by atoms with Crippen molar-refractivity contribution in [2.75, 3.05) is 0 Å². The molecular formula is C8H8F2N2O2. The number of alkyl halides is 1. The molecule has 0 spiro atoms. The van der Waals surface area contributed by atoms with Gasteiger partial charge in [0.25, 0.3) is 6.36 Å². The first-order chi connectivity index (χ1) is 6.65. The second kappa shape index (κ2) is 4.52. The van der Waals surface area contributed by atoms with Gasteiger partial charge in [-0.15, -0.1) is 0 Å². The number of carbonyl (C=O) groups excluding carboxylic acids is 1. The van der Waals surface area contributed by atoms with Gasteiger partial charge in [0.05, 0.1) is 5.56 Å². The molecule has 0 aromatic heterocycles. The summed E-state index contributed by atoms with van der Waals surface area (Å²) in [6.07, 6.45) is -3.33. The van der Waals surface area contributed by atoms with E-state index >= 15 is 0 Å². The van der Waals surface area contributed by atoms with E-state index in [9.17, 15) is 13.6 Å². The Balaban J connectivity index is 2.74. The van der Waals surface area contributed by atoms with Crippen molar-refractivity contribution in [1.82, 2.24) is 5.43 Å². The van der Waals surface area contributed by atoms with Crippen LogP contribution in [-0.4, -0.2) is 6.09 Å². The molecule has 0 aliphatic heterocycles. The van der Waals surface area contributed by atoms with Gasteiger partial charge >= 0.3 is 6.09 Å². The molecule has 6 heteroatoms. The maximum absolute atomic E-state index is 13.1. The first-order valence-corrected chi connectivity index (χ1v) is 3.71. The molecule has 3 N–H and O–H groups in total. The summed E-state index contributed by atoms with van der Waals surface area (Å²) in [6, 6.07) is 5.05. The predicted molar refractivity (Wildman–Crippen MR) is 44.1 cm³/mol. The van der Waals surface area contributed by atoms with Crippen LogP contribution < -0.4 is 11.3 Å². The van der Waals surface area contributed by atoms with E-state index in [2.05, 4.69) is 10.6 Å². The molecule has 0 radical (unpaired) electrons. The maximum Gasteiger partial charge on any atom is 0.424 e. The minimum atomic E-state index is -2.17. The highest BCUT2D eigenvalue weighted by molar-refractivity contribution is 5.66. The van der Waals surface area contributed by atoms with Crippen LogP contribution in [0.2, 0.25) is 0 Å². The maximum atomic E-state index is 13.1. The average Bonchev–Trinajstić information content (AvgIpc) is 2.18. The van der Waals surface area contributed by atoms with Crippen molar-refractivity contribution in [2.45, 2.75) is 6.36 Å². The Labute approximate surface area is 78.6 Å². The minimum Gasteiger partial charge on any atom is -0.410 e. The number of carbonyl (C=O) groups is 1. The number of ether oxygens (including phenoxy) is 1. The first kappa shape index (κ1) is 10.4. The number of rotatable bonds is 2. The van der Waals surface area contributed by atoms with Gasteiger partial charge in [-0.1, -0.05) is 12.1 Å². The summed E-state index contributed by atoms with van der Waals surface area (Å²) in [5.74, 6) is 3.86. The van der Waals surface area contributed by atoms with Crippen molar-refractivity contribution in [3.05, 3.63) is 35.6 Å². The fraction of sp³-hybridized carbons (Fsp3) is 0.125. The largest absolute Gasteiger partial charge is 0.424 e. The van der Waals surface area contributed by atoms with Crippen LogP contribution in [0.1, 0.15) is 11.9 Å². The Hall–Kier alpha value is -1.69. The van der Waals surface area contributed by atoms with Crippen LogP contribution in [0.5, 0.6) is 0 Å². The number of hydrogen-bond donors (Lipinski definition) is 2. The lowest BCUT2D eigenvalue weighted by atomic mass is 10.2. The van der Waals surface area contributed by atoms with Gasteiger partial charge in [0.1, 0.15) is 5.82 Å². The van der Waals surface area contributed by atoms with Gasteiger partial charge in [-0.3, -0.25) is 5.43 Å². The summed E-state index contributed by atoms with van der Waals surface area (Å²) in [6.45, 7) is 0. The fourth-order valence-electron chi connectivity index (χ4n) is 0.851. The van der Waals surface area contributed by atoms with Crippen LogP contribution in [0.4, 0.5) is 13.6 Å². The molecule has 1 aromatic rings. The van der Waals surface area contributed by atoms with Crippen LogP contribution >= 0.6 is 0 Å². The normalized spacial score (nSPS) is 11.9. The lowest BCUT2D eigenvalue weighted by Gasteiger charge is -2.09. The summed E-state index contributed by atoms with van der Waals surface area (Å²) in [7, 11) is 0. The lowest BCUT2D eigenvalue weighted by molar-refractivity contribution is 0.0103. The molecule has 0 saturated heterocycles. The van der Waals surface area contributed by atoms with E-state index in [1.165, 1.54) is 18.2 Å². The van der Waals surface area contributed by atoms with Gasteiger partial charge in [-0.25, -0.2) is 15.0 Å². The Morgan fingerprint density at radius 2 is 2.14 bits per heavy atom. The predicted octanol–water partition coefficient (Wildman–Crippen LogP) is 1.39. The molecule has 4 nitrogen and oxygen atoms in total. The topological polar surface area (TPSA) is 64.3 Å². The van der Waals surface area contributed by atoms with E-state index in [0.29, 0.717) is 0 Å². The van der Waals surface area contributed by atoms with Gasteiger partial charge in [0, 0.05) is 0 Å². The first-order valence-electron chi connectivity index (χ1n) is 3.71. The molecule has 0 aliphatic rings. The Morgan fingerprint density at radius 3 is 2.71 bits per heavy atom. The summed E-state index contributed by atoms with van der Waals surface area (Å²) < 4.78 is 30.1. The molecule has 0 bridgehead atoms. The SMILES string of the molecule is NNC(=O)OC(F)c1ccccc1F.